The fourth-order valence-electron chi connectivity index (χ4n) is 1.11. The molecule has 0 heterocycles. The summed E-state index contributed by atoms with van der Waals surface area (Å²) >= 11 is 0. The van der Waals surface area contributed by atoms with E-state index in [1.165, 1.54) is 6.92 Å². The van der Waals surface area contributed by atoms with Gasteiger partial charge < -0.3 is 9.84 Å². The van der Waals surface area contributed by atoms with Crippen LogP contribution in [0.25, 0.3) is 0 Å². The average molecular weight is 208 g/mol. The van der Waals surface area contributed by atoms with Gasteiger partial charge in [0.15, 0.2) is 5.60 Å². The molecule has 15 heavy (non-hydrogen) atoms. The van der Waals surface area contributed by atoms with E-state index in [9.17, 15) is 14.7 Å². The Labute approximate surface area is 87.5 Å². The SMILES string of the molecule is CC(=O)OC(=O)C(C)(O)c1ccccc1. The normalized spacial score (nSPS) is 14.1. The topological polar surface area (TPSA) is 63.6 Å². The smallest absolute Gasteiger partial charge is 0.350 e. The first-order chi connectivity index (χ1) is 6.94. The third-order valence-corrected chi connectivity index (χ3v) is 1.97. The van der Waals surface area contributed by atoms with Crippen LogP contribution in [-0.4, -0.2) is 17.0 Å². The van der Waals surface area contributed by atoms with E-state index in [4.69, 9.17) is 0 Å². The van der Waals surface area contributed by atoms with Gasteiger partial charge in [0.2, 0.25) is 0 Å². The van der Waals surface area contributed by atoms with Crippen LogP contribution in [-0.2, 0) is 19.9 Å². The molecule has 1 aromatic rings. The fraction of sp³-hybridized carbons (Fsp3) is 0.273. The Balaban J connectivity index is 2.92. The molecule has 0 radical (unpaired) electrons. The van der Waals surface area contributed by atoms with Crippen molar-refractivity contribution in [2.75, 3.05) is 0 Å². The van der Waals surface area contributed by atoms with Crippen LogP contribution in [0.5, 0.6) is 0 Å². The lowest BCUT2D eigenvalue weighted by atomic mass is 9.96. The molecule has 0 aliphatic carbocycles. The minimum atomic E-state index is -1.80. The lowest BCUT2D eigenvalue weighted by Gasteiger charge is -2.20. The van der Waals surface area contributed by atoms with Gasteiger partial charge in [0, 0.05) is 6.92 Å². The van der Waals surface area contributed by atoms with Gasteiger partial charge in [-0.2, -0.15) is 0 Å². The Morgan fingerprint density at radius 2 is 1.80 bits per heavy atom. The summed E-state index contributed by atoms with van der Waals surface area (Å²) in [5.41, 5.74) is -1.41. The maximum Gasteiger partial charge on any atom is 0.350 e. The number of rotatable bonds is 2. The van der Waals surface area contributed by atoms with Crippen molar-refractivity contribution < 1.29 is 19.4 Å². The summed E-state index contributed by atoms with van der Waals surface area (Å²) in [7, 11) is 0. The van der Waals surface area contributed by atoms with Crippen molar-refractivity contribution >= 4 is 11.9 Å². The number of carbonyl (C=O) groups is 2. The molecule has 0 aliphatic heterocycles. The fourth-order valence-corrected chi connectivity index (χ4v) is 1.11. The summed E-state index contributed by atoms with van der Waals surface area (Å²) in [5, 5.41) is 9.88. The molecule has 0 fully saturated rings. The molecule has 1 N–H and O–H groups in total. The molecule has 0 aliphatic rings. The standard InChI is InChI=1S/C11H12O4/c1-8(12)15-10(13)11(2,14)9-6-4-3-5-7-9/h3-7,14H,1-2H3. The molecule has 1 aromatic carbocycles. The molecule has 80 valence electrons. The molecule has 1 unspecified atom stereocenters. The van der Waals surface area contributed by atoms with Gasteiger partial charge in [-0.05, 0) is 12.5 Å². The van der Waals surface area contributed by atoms with E-state index in [1.54, 1.807) is 30.3 Å². The third kappa shape index (κ3) is 2.63. The second-order valence-electron chi connectivity index (χ2n) is 3.32. The van der Waals surface area contributed by atoms with E-state index in [-0.39, 0.29) is 0 Å². The van der Waals surface area contributed by atoms with E-state index in [2.05, 4.69) is 4.74 Å². The maximum absolute atomic E-state index is 11.4. The van der Waals surface area contributed by atoms with Crippen LogP contribution in [0.1, 0.15) is 19.4 Å². The summed E-state index contributed by atoms with van der Waals surface area (Å²) < 4.78 is 4.34. The Morgan fingerprint density at radius 3 is 2.27 bits per heavy atom. The Bertz CT molecular complexity index is 367. The van der Waals surface area contributed by atoms with Crippen LogP contribution in [0.3, 0.4) is 0 Å². The molecule has 0 aromatic heterocycles. The predicted molar refractivity (Wildman–Crippen MR) is 52.8 cm³/mol. The molecule has 0 saturated carbocycles. The van der Waals surface area contributed by atoms with Gasteiger partial charge in [-0.3, -0.25) is 4.79 Å². The first-order valence-corrected chi connectivity index (χ1v) is 4.45. The maximum atomic E-state index is 11.4. The Hall–Kier alpha value is -1.68. The summed E-state index contributed by atoms with van der Waals surface area (Å²) in [6, 6.07) is 8.30. The number of hydrogen-bond acceptors (Lipinski definition) is 4. The van der Waals surface area contributed by atoms with Gasteiger partial charge in [0.05, 0.1) is 0 Å². The third-order valence-electron chi connectivity index (χ3n) is 1.97. The zero-order valence-electron chi connectivity index (χ0n) is 8.56. The van der Waals surface area contributed by atoms with E-state index in [0.717, 1.165) is 6.92 Å². The highest BCUT2D eigenvalue weighted by Crippen LogP contribution is 2.21. The molecule has 4 heteroatoms. The van der Waals surface area contributed by atoms with Crippen LogP contribution in [0.2, 0.25) is 0 Å². The quantitative estimate of drug-likeness (QED) is 0.581. The Kier molecular flexibility index (Phi) is 3.21. The highest BCUT2D eigenvalue weighted by molar-refractivity contribution is 5.89. The van der Waals surface area contributed by atoms with E-state index < -0.39 is 17.5 Å². The average Bonchev–Trinajstić information content (AvgIpc) is 2.18. The molecular formula is C11H12O4. The van der Waals surface area contributed by atoms with Crippen LogP contribution in [0.4, 0.5) is 0 Å². The molecule has 1 rings (SSSR count). The number of carbonyl (C=O) groups excluding carboxylic acids is 2. The zero-order chi connectivity index (χ0) is 11.5. The number of benzene rings is 1. The first-order valence-electron chi connectivity index (χ1n) is 4.45. The second kappa shape index (κ2) is 4.23. The monoisotopic (exact) mass is 208 g/mol. The molecule has 4 nitrogen and oxygen atoms in total. The van der Waals surface area contributed by atoms with Gasteiger partial charge in [0.1, 0.15) is 0 Å². The summed E-state index contributed by atoms with van der Waals surface area (Å²) in [4.78, 5) is 22.0. The lowest BCUT2D eigenvalue weighted by Crippen LogP contribution is -2.35. The molecule has 0 amide bonds. The van der Waals surface area contributed by atoms with E-state index in [0.29, 0.717) is 5.56 Å². The van der Waals surface area contributed by atoms with E-state index in [1.807, 2.05) is 0 Å². The van der Waals surface area contributed by atoms with Gasteiger partial charge >= 0.3 is 11.9 Å². The van der Waals surface area contributed by atoms with E-state index >= 15 is 0 Å². The summed E-state index contributed by atoms with van der Waals surface area (Å²) in [5.74, 6) is -1.71. The number of hydrogen-bond donors (Lipinski definition) is 1. The van der Waals surface area contributed by atoms with Crippen LogP contribution >= 0.6 is 0 Å². The van der Waals surface area contributed by atoms with Crippen molar-refractivity contribution in [1.82, 2.24) is 0 Å². The van der Waals surface area contributed by atoms with Gasteiger partial charge in [0.25, 0.3) is 0 Å². The second-order valence-corrected chi connectivity index (χ2v) is 3.32. The minimum absolute atomic E-state index is 0.385. The molecular weight excluding hydrogens is 196 g/mol. The minimum Gasteiger partial charge on any atom is -0.391 e. The number of esters is 2. The van der Waals surface area contributed by atoms with Crippen molar-refractivity contribution in [2.24, 2.45) is 0 Å². The lowest BCUT2D eigenvalue weighted by molar-refractivity contribution is -0.172. The number of aliphatic hydroxyl groups is 1. The highest BCUT2D eigenvalue weighted by Gasteiger charge is 2.34. The van der Waals surface area contributed by atoms with Gasteiger partial charge in [-0.25, -0.2) is 4.79 Å². The zero-order valence-corrected chi connectivity index (χ0v) is 8.56. The summed E-state index contributed by atoms with van der Waals surface area (Å²) in [6.07, 6.45) is 0. The molecule has 0 spiro atoms. The molecule has 1 atom stereocenters. The molecule has 0 bridgehead atoms. The van der Waals surface area contributed by atoms with Gasteiger partial charge in [-0.1, -0.05) is 30.3 Å². The first kappa shape index (κ1) is 11.4. The van der Waals surface area contributed by atoms with Gasteiger partial charge in [-0.15, -0.1) is 0 Å². The van der Waals surface area contributed by atoms with Crippen LogP contribution in [0, 0.1) is 0 Å². The van der Waals surface area contributed by atoms with Crippen molar-refractivity contribution in [1.29, 1.82) is 0 Å². The largest absolute Gasteiger partial charge is 0.391 e. The van der Waals surface area contributed by atoms with Crippen molar-refractivity contribution in [3.63, 3.8) is 0 Å². The predicted octanol–water partition coefficient (Wildman–Crippen LogP) is 0.984. The van der Waals surface area contributed by atoms with Crippen molar-refractivity contribution in [3.05, 3.63) is 35.9 Å². The van der Waals surface area contributed by atoms with Crippen molar-refractivity contribution in [2.45, 2.75) is 19.4 Å². The number of ether oxygens (including phenoxy) is 1. The highest BCUT2D eigenvalue weighted by atomic mass is 16.6. The molecule has 0 saturated heterocycles. The summed E-state index contributed by atoms with van der Waals surface area (Å²) in [6.45, 7) is 2.40. The Morgan fingerprint density at radius 1 is 1.27 bits per heavy atom. The van der Waals surface area contributed by atoms with Crippen LogP contribution in [0.15, 0.2) is 30.3 Å². The van der Waals surface area contributed by atoms with Crippen molar-refractivity contribution in [3.8, 4) is 0 Å². The van der Waals surface area contributed by atoms with Crippen LogP contribution < -0.4 is 0 Å².